The largest absolute Gasteiger partial charge is 0.454 e. The van der Waals surface area contributed by atoms with E-state index in [1.807, 2.05) is 19.1 Å². The third-order valence-corrected chi connectivity index (χ3v) is 5.61. The number of nitrogens with zero attached hydrogens (tertiary/aromatic N) is 1. The molecule has 0 radical (unpaired) electrons. The Hall–Kier alpha value is -2.52. The summed E-state index contributed by atoms with van der Waals surface area (Å²) in [6.07, 6.45) is 0. The number of nitrogens with one attached hydrogen (secondary N) is 1. The number of ether oxygens (including phenoxy) is 2. The van der Waals surface area contributed by atoms with E-state index in [9.17, 15) is 13.2 Å². The normalized spacial score (nSPS) is 13.6. The summed E-state index contributed by atoms with van der Waals surface area (Å²) >= 11 is 0. The second-order valence-electron chi connectivity index (χ2n) is 7.48. The molecule has 0 fully saturated rings. The fourth-order valence-corrected chi connectivity index (χ4v) is 4.13. The van der Waals surface area contributed by atoms with Crippen LogP contribution in [0, 0.1) is 0 Å². The standard InChI is InChI=1S/C19H24N2O6S/c1-5-21(11-13-6-7-14-16(10-13)26-12-25-14)18(22)15-8-9-17(27-15)28(23,24)20-19(2,3)4/h6-10,20H,5,11-12H2,1-4H3. The summed E-state index contributed by atoms with van der Waals surface area (Å²) < 4.78 is 43.2. The number of sulfonamides is 1. The van der Waals surface area contributed by atoms with Crippen LogP contribution in [0.1, 0.15) is 43.8 Å². The molecule has 0 saturated heterocycles. The van der Waals surface area contributed by atoms with Crippen LogP contribution in [-0.4, -0.2) is 38.1 Å². The maximum atomic E-state index is 12.8. The van der Waals surface area contributed by atoms with Crippen LogP contribution in [0.3, 0.4) is 0 Å². The first kappa shape index (κ1) is 20.2. The zero-order valence-corrected chi connectivity index (χ0v) is 17.1. The highest BCUT2D eigenvalue weighted by molar-refractivity contribution is 7.89. The first-order valence-electron chi connectivity index (χ1n) is 8.90. The highest BCUT2D eigenvalue weighted by Crippen LogP contribution is 2.33. The van der Waals surface area contributed by atoms with Crippen LogP contribution in [0.15, 0.2) is 39.8 Å². The van der Waals surface area contributed by atoms with Crippen molar-refractivity contribution in [2.45, 2.75) is 44.9 Å². The lowest BCUT2D eigenvalue weighted by Crippen LogP contribution is -2.40. The van der Waals surface area contributed by atoms with Gasteiger partial charge in [0.2, 0.25) is 11.9 Å². The van der Waals surface area contributed by atoms with Crippen LogP contribution in [0.2, 0.25) is 0 Å². The number of amides is 1. The number of rotatable bonds is 6. The van der Waals surface area contributed by atoms with Crippen LogP contribution in [0.4, 0.5) is 0 Å². The first-order valence-corrected chi connectivity index (χ1v) is 10.4. The van der Waals surface area contributed by atoms with Crippen LogP contribution >= 0.6 is 0 Å². The van der Waals surface area contributed by atoms with Gasteiger partial charge in [-0.2, -0.15) is 0 Å². The molecule has 28 heavy (non-hydrogen) atoms. The second kappa shape index (κ2) is 7.48. The number of carbonyl (C=O) groups excluding carboxylic acids is 1. The van der Waals surface area contributed by atoms with E-state index in [4.69, 9.17) is 13.9 Å². The van der Waals surface area contributed by atoms with E-state index in [2.05, 4.69) is 4.72 Å². The van der Waals surface area contributed by atoms with Crippen molar-refractivity contribution in [3.05, 3.63) is 41.7 Å². The summed E-state index contributed by atoms with van der Waals surface area (Å²) in [5.41, 5.74) is 0.207. The minimum atomic E-state index is -3.85. The molecule has 152 valence electrons. The molecule has 9 heteroatoms. The Morgan fingerprint density at radius 3 is 2.54 bits per heavy atom. The Morgan fingerprint density at radius 1 is 1.14 bits per heavy atom. The minimum absolute atomic E-state index is 0.0307. The first-order chi connectivity index (χ1) is 13.1. The van der Waals surface area contributed by atoms with Crippen LogP contribution in [0.5, 0.6) is 11.5 Å². The van der Waals surface area contributed by atoms with Gasteiger partial charge in [0.05, 0.1) is 0 Å². The van der Waals surface area contributed by atoms with Crippen molar-refractivity contribution in [3.63, 3.8) is 0 Å². The number of benzene rings is 1. The van der Waals surface area contributed by atoms with E-state index in [1.165, 1.54) is 12.1 Å². The van der Waals surface area contributed by atoms with Crippen LogP contribution in [-0.2, 0) is 16.6 Å². The molecular formula is C19H24N2O6S. The molecule has 1 amide bonds. The predicted molar refractivity (Wildman–Crippen MR) is 102 cm³/mol. The average Bonchev–Trinajstić information content (AvgIpc) is 3.26. The Morgan fingerprint density at radius 2 is 1.86 bits per heavy atom. The summed E-state index contributed by atoms with van der Waals surface area (Å²) in [7, 11) is -3.85. The Labute approximate surface area is 164 Å². The third kappa shape index (κ3) is 4.48. The van der Waals surface area contributed by atoms with Gasteiger partial charge in [-0.15, -0.1) is 0 Å². The van der Waals surface area contributed by atoms with Crippen molar-refractivity contribution in [2.75, 3.05) is 13.3 Å². The fourth-order valence-electron chi connectivity index (χ4n) is 2.78. The molecule has 0 bridgehead atoms. The molecule has 0 aliphatic carbocycles. The number of carbonyl (C=O) groups is 1. The molecule has 3 rings (SSSR count). The molecule has 0 spiro atoms. The lowest BCUT2D eigenvalue weighted by Gasteiger charge is -2.20. The predicted octanol–water partition coefficient (Wildman–Crippen LogP) is 2.75. The zero-order valence-electron chi connectivity index (χ0n) is 16.3. The Kier molecular flexibility index (Phi) is 5.40. The van der Waals surface area contributed by atoms with Gasteiger partial charge >= 0.3 is 0 Å². The van der Waals surface area contributed by atoms with Gasteiger partial charge in [0.15, 0.2) is 17.3 Å². The zero-order chi connectivity index (χ0) is 20.5. The van der Waals surface area contributed by atoms with Crippen molar-refractivity contribution in [2.24, 2.45) is 0 Å². The van der Waals surface area contributed by atoms with E-state index in [0.29, 0.717) is 24.6 Å². The lowest BCUT2D eigenvalue weighted by molar-refractivity contribution is 0.0714. The number of furan rings is 1. The summed E-state index contributed by atoms with van der Waals surface area (Å²) in [6, 6.07) is 8.14. The van der Waals surface area contributed by atoms with E-state index >= 15 is 0 Å². The monoisotopic (exact) mass is 408 g/mol. The van der Waals surface area contributed by atoms with Gasteiger partial charge in [-0.3, -0.25) is 4.79 Å². The van der Waals surface area contributed by atoms with Crippen LogP contribution in [0.25, 0.3) is 0 Å². The van der Waals surface area contributed by atoms with Crippen molar-refractivity contribution in [1.29, 1.82) is 0 Å². The van der Waals surface area contributed by atoms with Gasteiger partial charge in [0, 0.05) is 18.6 Å². The van der Waals surface area contributed by atoms with Crippen molar-refractivity contribution in [1.82, 2.24) is 9.62 Å². The molecule has 2 heterocycles. The molecule has 1 aromatic carbocycles. The highest BCUT2D eigenvalue weighted by Gasteiger charge is 2.27. The lowest BCUT2D eigenvalue weighted by atomic mass is 10.1. The number of hydrogen-bond donors (Lipinski definition) is 1. The van der Waals surface area contributed by atoms with Gasteiger partial charge in [-0.1, -0.05) is 6.07 Å². The van der Waals surface area contributed by atoms with E-state index in [1.54, 1.807) is 31.7 Å². The average molecular weight is 408 g/mol. The molecule has 0 saturated carbocycles. The van der Waals surface area contributed by atoms with Crippen molar-refractivity contribution in [3.8, 4) is 11.5 Å². The molecule has 1 N–H and O–H groups in total. The second-order valence-corrected chi connectivity index (χ2v) is 9.09. The molecule has 1 aromatic heterocycles. The summed E-state index contributed by atoms with van der Waals surface area (Å²) in [5, 5.41) is -0.287. The van der Waals surface area contributed by atoms with Crippen molar-refractivity contribution >= 4 is 15.9 Å². The summed E-state index contributed by atoms with van der Waals surface area (Å²) in [6.45, 7) is 7.95. The molecule has 1 aliphatic rings. The molecule has 0 atom stereocenters. The van der Waals surface area contributed by atoms with Gasteiger partial charge in [-0.05, 0) is 57.5 Å². The third-order valence-electron chi connectivity index (χ3n) is 3.98. The number of hydrogen-bond acceptors (Lipinski definition) is 6. The maximum Gasteiger partial charge on any atom is 0.289 e. The summed E-state index contributed by atoms with van der Waals surface area (Å²) in [4.78, 5) is 14.4. The Balaban J connectivity index is 1.76. The molecular weight excluding hydrogens is 384 g/mol. The molecule has 2 aromatic rings. The van der Waals surface area contributed by atoms with E-state index < -0.39 is 21.5 Å². The van der Waals surface area contributed by atoms with Crippen LogP contribution < -0.4 is 14.2 Å². The summed E-state index contributed by atoms with van der Waals surface area (Å²) in [5.74, 6) is 0.889. The maximum absolute atomic E-state index is 12.8. The Bertz CT molecular complexity index is 975. The topological polar surface area (TPSA) is 98.1 Å². The minimum Gasteiger partial charge on any atom is -0.454 e. The van der Waals surface area contributed by atoms with Gasteiger partial charge in [0.25, 0.3) is 15.9 Å². The van der Waals surface area contributed by atoms with Gasteiger partial charge in [-0.25, -0.2) is 13.1 Å². The van der Waals surface area contributed by atoms with E-state index in [-0.39, 0.29) is 17.6 Å². The number of fused-ring (bicyclic) bond motifs is 1. The quantitative estimate of drug-likeness (QED) is 0.789. The van der Waals surface area contributed by atoms with Gasteiger partial charge < -0.3 is 18.8 Å². The fraction of sp³-hybridized carbons (Fsp3) is 0.421. The molecule has 8 nitrogen and oxygen atoms in total. The van der Waals surface area contributed by atoms with Gasteiger partial charge in [0.1, 0.15) is 0 Å². The highest BCUT2D eigenvalue weighted by atomic mass is 32.2. The molecule has 0 unspecified atom stereocenters. The van der Waals surface area contributed by atoms with E-state index in [0.717, 1.165) is 5.56 Å². The molecule has 1 aliphatic heterocycles. The SMILES string of the molecule is CCN(Cc1ccc2c(c1)OCO2)C(=O)c1ccc(S(=O)(=O)NC(C)(C)C)o1. The smallest absolute Gasteiger partial charge is 0.289 e. The van der Waals surface area contributed by atoms with Crippen molar-refractivity contribution < 1.29 is 27.1 Å².